The molecule has 9 heteroatoms. The number of carbonyl (C=O) groups is 1. The maximum atomic E-state index is 12.5. The summed E-state index contributed by atoms with van der Waals surface area (Å²) in [6.07, 6.45) is 1.60. The second kappa shape index (κ2) is 9.15. The van der Waals surface area contributed by atoms with Crippen LogP contribution in [0.2, 0.25) is 0 Å². The minimum Gasteiger partial charge on any atom is -0.494 e. The van der Waals surface area contributed by atoms with E-state index in [4.69, 9.17) is 13.9 Å². The van der Waals surface area contributed by atoms with E-state index in [1.165, 1.54) is 11.8 Å². The fraction of sp³-hybridized carbons (Fsp3) is 0.350. The summed E-state index contributed by atoms with van der Waals surface area (Å²) in [6.45, 7) is 4.98. The molecule has 3 aromatic rings. The topological polar surface area (TPSA) is 82.6 Å². The molecule has 0 unspecified atom stereocenters. The maximum absolute atomic E-state index is 12.5. The molecule has 29 heavy (non-hydrogen) atoms. The Hall–Kier alpha value is -2.78. The summed E-state index contributed by atoms with van der Waals surface area (Å²) in [5.74, 6) is 2.34. The van der Waals surface area contributed by atoms with E-state index in [0.29, 0.717) is 49.7 Å². The first-order valence-electron chi connectivity index (χ1n) is 9.47. The number of morpholine rings is 1. The summed E-state index contributed by atoms with van der Waals surface area (Å²) in [6, 6.07) is 11.3. The van der Waals surface area contributed by atoms with Gasteiger partial charge in [-0.2, -0.15) is 0 Å². The van der Waals surface area contributed by atoms with Gasteiger partial charge in [0.15, 0.2) is 10.9 Å². The molecule has 1 saturated heterocycles. The van der Waals surface area contributed by atoms with Crippen LogP contribution in [-0.2, 0) is 9.53 Å². The van der Waals surface area contributed by atoms with E-state index in [2.05, 4.69) is 10.2 Å². The van der Waals surface area contributed by atoms with Crippen molar-refractivity contribution >= 4 is 17.7 Å². The largest absolute Gasteiger partial charge is 0.494 e. The fourth-order valence-corrected chi connectivity index (χ4v) is 3.90. The first kappa shape index (κ1) is 19.5. The lowest BCUT2D eigenvalue weighted by Crippen LogP contribution is -2.41. The fourth-order valence-electron chi connectivity index (χ4n) is 3.05. The van der Waals surface area contributed by atoms with Crippen LogP contribution in [0.15, 0.2) is 52.2 Å². The SMILES string of the molecule is CCOc1ccc(-n2c(SCC(=O)N3CCOCC3)nnc2-c2ccco2)cc1. The molecule has 0 saturated carbocycles. The smallest absolute Gasteiger partial charge is 0.233 e. The number of hydrogen-bond acceptors (Lipinski definition) is 7. The van der Waals surface area contributed by atoms with Crippen LogP contribution in [-0.4, -0.2) is 64.2 Å². The third-order valence-corrected chi connectivity index (χ3v) is 5.38. The summed E-state index contributed by atoms with van der Waals surface area (Å²) in [7, 11) is 0. The van der Waals surface area contributed by atoms with Crippen LogP contribution >= 0.6 is 11.8 Å². The zero-order chi connectivity index (χ0) is 20.1. The molecule has 4 rings (SSSR count). The minimum atomic E-state index is 0.0686. The Morgan fingerprint density at radius 3 is 2.66 bits per heavy atom. The van der Waals surface area contributed by atoms with Gasteiger partial charge in [-0.1, -0.05) is 11.8 Å². The van der Waals surface area contributed by atoms with Gasteiger partial charge < -0.3 is 18.8 Å². The van der Waals surface area contributed by atoms with E-state index < -0.39 is 0 Å². The lowest BCUT2D eigenvalue weighted by atomic mass is 10.3. The van der Waals surface area contributed by atoms with Gasteiger partial charge in [0.05, 0.1) is 37.5 Å². The van der Waals surface area contributed by atoms with Gasteiger partial charge in [-0.05, 0) is 43.3 Å². The predicted molar refractivity (Wildman–Crippen MR) is 108 cm³/mol. The van der Waals surface area contributed by atoms with E-state index in [1.54, 1.807) is 12.3 Å². The number of thioether (sulfide) groups is 1. The number of hydrogen-bond donors (Lipinski definition) is 0. The monoisotopic (exact) mass is 414 g/mol. The van der Waals surface area contributed by atoms with Crippen LogP contribution in [0.3, 0.4) is 0 Å². The molecule has 0 N–H and O–H groups in total. The van der Waals surface area contributed by atoms with Crippen molar-refractivity contribution in [3.63, 3.8) is 0 Å². The molecule has 0 radical (unpaired) electrons. The third-order valence-electron chi connectivity index (χ3n) is 4.47. The van der Waals surface area contributed by atoms with E-state index >= 15 is 0 Å². The zero-order valence-corrected chi connectivity index (χ0v) is 16.9. The highest BCUT2D eigenvalue weighted by atomic mass is 32.2. The molecule has 2 aromatic heterocycles. The third kappa shape index (κ3) is 4.46. The Morgan fingerprint density at radius 1 is 1.17 bits per heavy atom. The predicted octanol–water partition coefficient (Wildman–Crippen LogP) is 2.88. The van der Waals surface area contributed by atoms with Crippen LogP contribution in [0.1, 0.15) is 6.92 Å². The Kier molecular flexibility index (Phi) is 6.16. The van der Waals surface area contributed by atoms with Crippen molar-refractivity contribution in [2.45, 2.75) is 12.1 Å². The molecule has 1 aromatic carbocycles. The van der Waals surface area contributed by atoms with Gasteiger partial charge in [-0.15, -0.1) is 10.2 Å². The maximum Gasteiger partial charge on any atom is 0.233 e. The van der Waals surface area contributed by atoms with Crippen LogP contribution in [0.4, 0.5) is 0 Å². The Bertz CT molecular complexity index is 934. The number of furan rings is 1. The molecule has 0 atom stereocenters. The molecule has 3 heterocycles. The van der Waals surface area contributed by atoms with Crippen molar-refractivity contribution in [1.82, 2.24) is 19.7 Å². The van der Waals surface area contributed by atoms with Crippen molar-refractivity contribution in [2.75, 3.05) is 38.7 Å². The molecule has 152 valence electrons. The van der Waals surface area contributed by atoms with E-state index in [1.807, 2.05) is 46.7 Å². The van der Waals surface area contributed by atoms with Crippen molar-refractivity contribution in [1.29, 1.82) is 0 Å². The van der Waals surface area contributed by atoms with Crippen molar-refractivity contribution < 1.29 is 18.7 Å². The number of rotatable bonds is 7. The molecular weight excluding hydrogens is 392 g/mol. The highest BCUT2D eigenvalue weighted by molar-refractivity contribution is 7.99. The van der Waals surface area contributed by atoms with Crippen LogP contribution < -0.4 is 4.74 Å². The van der Waals surface area contributed by atoms with Gasteiger partial charge in [0.2, 0.25) is 11.7 Å². The van der Waals surface area contributed by atoms with Gasteiger partial charge in [-0.25, -0.2) is 0 Å². The minimum absolute atomic E-state index is 0.0686. The molecular formula is C20H22N4O4S. The Balaban J connectivity index is 1.59. The lowest BCUT2D eigenvalue weighted by molar-refractivity contribution is -0.132. The average molecular weight is 414 g/mol. The van der Waals surface area contributed by atoms with E-state index in [9.17, 15) is 4.79 Å². The number of benzene rings is 1. The van der Waals surface area contributed by atoms with Gasteiger partial charge in [0.1, 0.15) is 5.75 Å². The first-order chi connectivity index (χ1) is 14.3. The Labute approximate surface area is 172 Å². The number of aromatic nitrogens is 3. The van der Waals surface area contributed by atoms with Gasteiger partial charge in [0.25, 0.3) is 0 Å². The summed E-state index contributed by atoms with van der Waals surface area (Å²) in [5.41, 5.74) is 0.867. The molecule has 1 aliphatic heterocycles. The number of ether oxygens (including phenoxy) is 2. The van der Waals surface area contributed by atoms with Crippen molar-refractivity contribution in [3.8, 4) is 23.0 Å². The van der Waals surface area contributed by atoms with Crippen molar-refractivity contribution in [2.24, 2.45) is 0 Å². The number of carbonyl (C=O) groups excluding carboxylic acids is 1. The number of amides is 1. The van der Waals surface area contributed by atoms with E-state index in [-0.39, 0.29) is 11.7 Å². The highest BCUT2D eigenvalue weighted by Gasteiger charge is 2.21. The lowest BCUT2D eigenvalue weighted by Gasteiger charge is -2.26. The summed E-state index contributed by atoms with van der Waals surface area (Å²) >= 11 is 1.36. The van der Waals surface area contributed by atoms with E-state index in [0.717, 1.165) is 11.4 Å². The van der Waals surface area contributed by atoms with Gasteiger partial charge in [-0.3, -0.25) is 9.36 Å². The molecule has 0 aliphatic carbocycles. The molecule has 0 spiro atoms. The second-order valence-electron chi connectivity index (χ2n) is 6.33. The molecule has 8 nitrogen and oxygen atoms in total. The molecule has 1 fully saturated rings. The quantitative estimate of drug-likeness (QED) is 0.550. The zero-order valence-electron chi connectivity index (χ0n) is 16.1. The van der Waals surface area contributed by atoms with Crippen molar-refractivity contribution in [3.05, 3.63) is 42.7 Å². The summed E-state index contributed by atoms with van der Waals surface area (Å²) in [4.78, 5) is 14.3. The molecule has 0 bridgehead atoms. The van der Waals surface area contributed by atoms with Gasteiger partial charge >= 0.3 is 0 Å². The highest BCUT2D eigenvalue weighted by Crippen LogP contribution is 2.29. The number of nitrogens with zero attached hydrogens (tertiary/aromatic N) is 4. The summed E-state index contributed by atoms with van der Waals surface area (Å²) < 4.78 is 18.3. The van der Waals surface area contributed by atoms with Crippen LogP contribution in [0.5, 0.6) is 5.75 Å². The standard InChI is InChI=1S/C20H22N4O4S/c1-2-27-16-7-5-15(6-8-16)24-19(17-4-3-11-28-17)21-22-20(24)29-14-18(25)23-9-12-26-13-10-23/h3-8,11H,2,9-10,12-14H2,1H3. The first-order valence-corrected chi connectivity index (χ1v) is 10.5. The summed E-state index contributed by atoms with van der Waals surface area (Å²) in [5, 5.41) is 9.25. The molecule has 1 aliphatic rings. The van der Waals surface area contributed by atoms with Gasteiger partial charge in [0, 0.05) is 13.1 Å². The normalized spacial score (nSPS) is 14.2. The van der Waals surface area contributed by atoms with Crippen LogP contribution in [0, 0.1) is 0 Å². The molecule has 1 amide bonds. The second-order valence-corrected chi connectivity index (χ2v) is 7.27. The Morgan fingerprint density at radius 2 is 1.97 bits per heavy atom. The average Bonchev–Trinajstić information content (AvgIpc) is 3.43. The van der Waals surface area contributed by atoms with Crippen LogP contribution in [0.25, 0.3) is 17.3 Å².